The van der Waals surface area contributed by atoms with Gasteiger partial charge in [0.1, 0.15) is 11.6 Å². The topological polar surface area (TPSA) is 9.23 Å². The number of allylic oxidation sites excluding steroid dienone is 2. The Balaban J connectivity index is 1.56. The summed E-state index contributed by atoms with van der Waals surface area (Å²) in [6.45, 7) is 2.10. The third-order valence-electron chi connectivity index (χ3n) is 6.64. The van der Waals surface area contributed by atoms with Gasteiger partial charge in [-0.25, -0.2) is 8.78 Å². The summed E-state index contributed by atoms with van der Waals surface area (Å²) in [5.41, 5.74) is 0.873. The van der Waals surface area contributed by atoms with Crippen molar-refractivity contribution in [2.75, 3.05) is 7.11 Å². The van der Waals surface area contributed by atoms with Crippen LogP contribution < -0.4 is 0 Å². The standard InChI is InChI=1S/C23H32F2O/c1-3-4-16-5-7-17(8-6-16)18-9-11-19(12-10-18)20-13-22(24)21(15-26-2)23(25)14-20/h3-4,13-14,16-19H,5-12,15H2,1-2H3/b4-3+/t16-,17-,18?,19?. The van der Waals surface area contributed by atoms with Gasteiger partial charge in [-0.2, -0.15) is 0 Å². The smallest absolute Gasteiger partial charge is 0.131 e. The maximum absolute atomic E-state index is 14.2. The maximum Gasteiger partial charge on any atom is 0.131 e. The van der Waals surface area contributed by atoms with Gasteiger partial charge < -0.3 is 4.74 Å². The molecule has 0 aliphatic heterocycles. The minimum atomic E-state index is -0.466. The monoisotopic (exact) mass is 362 g/mol. The molecule has 1 aromatic rings. The van der Waals surface area contributed by atoms with Crippen LogP contribution in [-0.2, 0) is 11.3 Å². The van der Waals surface area contributed by atoms with Crippen molar-refractivity contribution in [2.45, 2.75) is 70.8 Å². The molecule has 1 aromatic carbocycles. The summed E-state index contributed by atoms with van der Waals surface area (Å²) in [6, 6.07) is 3.06. The summed E-state index contributed by atoms with van der Waals surface area (Å²) in [5, 5.41) is 0. The molecule has 1 nitrogen and oxygen atoms in total. The van der Waals surface area contributed by atoms with Crippen molar-refractivity contribution in [1.82, 2.24) is 0 Å². The van der Waals surface area contributed by atoms with Crippen LogP contribution >= 0.6 is 0 Å². The van der Waals surface area contributed by atoms with Gasteiger partial charge in [0, 0.05) is 12.7 Å². The minimum absolute atomic E-state index is 0.0133. The molecule has 0 heterocycles. The zero-order chi connectivity index (χ0) is 18.5. The van der Waals surface area contributed by atoms with E-state index in [0.717, 1.165) is 36.2 Å². The molecule has 26 heavy (non-hydrogen) atoms. The first kappa shape index (κ1) is 19.5. The van der Waals surface area contributed by atoms with Crippen LogP contribution in [0.5, 0.6) is 0 Å². The summed E-state index contributed by atoms with van der Waals surface area (Å²) in [4.78, 5) is 0. The van der Waals surface area contributed by atoms with E-state index in [9.17, 15) is 8.78 Å². The number of halogens is 2. The first-order chi connectivity index (χ1) is 12.6. The molecule has 0 amide bonds. The van der Waals surface area contributed by atoms with Crippen LogP contribution in [0.4, 0.5) is 8.78 Å². The van der Waals surface area contributed by atoms with Crippen molar-refractivity contribution in [2.24, 2.45) is 17.8 Å². The van der Waals surface area contributed by atoms with Crippen LogP contribution in [0.25, 0.3) is 0 Å². The predicted octanol–water partition coefficient (Wildman–Crippen LogP) is 6.77. The van der Waals surface area contributed by atoms with Crippen LogP contribution in [0.2, 0.25) is 0 Å². The predicted molar refractivity (Wildman–Crippen MR) is 102 cm³/mol. The number of rotatable bonds is 5. The first-order valence-corrected chi connectivity index (χ1v) is 10.2. The summed E-state index contributed by atoms with van der Waals surface area (Å²) in [7, 11) is 1.46. The van der Waals surface area contributed by atoms with Gasteiger partial charge in [-0.15, -0.1) is 0 Å². The summed E-state index contributed by atoms with van der Waals surface area (Å²) in [6.07, 6.45) is 14.4. The lowest BCUT2D eigenvalue weighted by Crippen LogP contribution is -2.25. The fourth-order valence-electron chi connectivity index (χ4n) is 5.15. The Labute approximate surface area is 156 Å². The first-order valence-electron chi connectivity index (χ1n) is 10.2. The van der Waals surface area contributed by atoms with E-state index in [0.29, 0.717) is 5.92 Å². The van der Waals surface area contributed by atoms with Gasteiger partial charge >= 0.3 is 0 Å². The molecule has 0 atom stereocenters. The van der Waals surface area contributed by atoms with E-state index in [2.05, 4.69) is 19.1 Å². The minimum Gasteiger partial charge on any atom is -0.380 e. The molecule has 0 bridgehead atoms. The lowest BCUT2D eigenvalue weighted by Gasteiger charge is -2.37. The van der Waals surface area contributed by atoms with Gasteiger partial charge in [0.05, 0.1) is 6.61 Å². The van der Waals surface area contributed by atoms with E-state index < -0.39 is 11.6 Å². The van der Waals surface area contributed by atoms with Crippen molar-refractivity contribution in [3.8, 4) is 0 Å². The lowest BCUT2D eigenvalue weighted by atomic mass is 9.68. The van der Waals surface area contributed by atoms with Crippen molar-refractivity contribution in [3.63, 3.8) is 0 Å². The Morgan fingerprint density at radius 3 is 1.96 bits per heavy atom. The Kier molecular flexibility index (Phi) is 6.86. The normalized spacial score (nSPS) is 30.0. The van der Waals surface area contributed by atoms with Gasteiger partial charge in [0.15, 0.2) is 0 Å². The molecule has 0 saturated heterocycles. The van der Waals surface area contributed by atoms with Crippen LogP contribution in [0.15, 0.2) is 24.3 Å². The van der Waals surface area contributed by atoms with Crippen LogP contribution in [-0.4, -0.2) is 7.11 Å². The second-order valence-corrected chi connectivity index (χ2v) is 8.21. The Bertz CT molecular complexity index is 586. The highest BCUT2D eigenvalue weighted by atomic mass is 19.1. The molecule has 2 aliphatic rings. The van der Waals surface area contributed by atoms with Gasteiger partial charge in [-0.1, -0.05) is 12.2 Å². The van der Waals surface area contributed by atoms with E-state index in [4.69, 9.17) is 4.74 Å². The number of hydrogen-bond acceptors (Lipinski definition) is 1. The number of benzene rings is 1. The van der Waals surface area contributed by atoms with Gasteiger partial charge in [0.25, 0.3) is 0 Å². The zero-order valence-corrected chi connectivity index (χ0v) is 16.1. The average Bonchev–Trinajstić information content (AvgIpc) is 2.66. The third kappa shape index (κ3) is 4.54. The molecule has 0 spiro atoms. The summed E-state index contributed by atoms with van der Waals surface area (Å²) < 4.78 is 33.3. The van der Waals surface area contributed by atoms with E-state index in [-0.39, 0.29) is 12.2 Å². The van der Waals surface area contributed by atoms with E-state index in [1.165, 1.54) is 57.8 Å². The molecular weight excluding hydrogens is 330 g/mol. The Hall–Kier alpha value is -1.22. The molecule has 0 radical (unpaired) electrons. The zero-order valence-electron chi connectivity index (χ0n) is 16.1. The fraction of sp³-hybridized carbons (Fsp3) is 0.652. The van der Waals surface area contributed by atoms with Crippen LogP contribution in [0.3, 0.4) is 0 Å². The second kappa shape index (κ2) is 9.12. The highest BCUT2D eigenvalue weighted by molar-refractivity contribution is 5.28. The molecule has 2 aliphatic carbocycles. The van der Waals surface area contributed by atoms with E-state index in [1.807, 2.05) is 0 Å². The molecule has 3 rings (SSSR count). The van der Waals surface area contributed by atoms with E-state index >= 15 is 0 Å². The highest BCUT2D eigenvalue weighted by Crippen LogP contribution is 2.44. The molecule has 3 heteroatoms. The maximum atomic E-state index is 14.2. The van der Waals surface area contributed by atoms with Crippen molar-refractivity contribution < 1.29 is 13.5 Å². The quantitative estimate of drug-likeness (QED) is 0.525. The molecule has 0 N–H and O–H groups in total. The second-order valence-electron chi connectivity index (χ2n) is 8.21. The highest BCUT2D eigenvalue weighted by Gasteiger charge is 2.31. The number of hydrogen-bond donors (Lipinski definition) is 0. The average molecular weight is 363 g/mol. The third-order valence-corrected chi connectivity index (χ3v) is 6.64. The Morgan fingerprint density at radius 2 is 1.46 bits per heavy atom. The van der Waals surface area contributed by atoms with Crippen molar-refractivity contribution in [1.29, 1.82) is 0 Å². The van der Waals surface area contributed by atoms with Gasteiger partial charge in [-0.3, -0.25) is 0 Å². The molecule has 2 saturated carbocycles. The van der Waals surface area contributed by atoms with Gasteiger partial charge in [0.2, 0.25) is 0 Å². The summed E-state index contributed by atoms with van der Waals surface area (Å²) >= 11 is 0. The Morgan fingerprint density at radius 1 is 0.923 bits per heavy atom. The lowest BCUT2D eigenvalue weighted by molar-refractivity contribution is 0.171. The van der Waals surface area contributed by atoms with Crippen molar-refractivity contribution in [3.05, 3.63) is 47.0 Å². The number of methoxy groups -OCH3 is 1. The molecule has 2 fully saturated rings. The van der Waals surface area contributed by atoms with Crippen LogP contribution in [0, 0.1) is 29.4 Å². The number of ether oxygens (including phenoxy) is 1. The molecular formula is C23H32F2O. The molecule has 144 valence electrons. The van der Waals surface area contributed by atoms with Gasteiger partial charge in [-0.05, 0) is 99.7 Å². The SMILES string of the molecule is C/C=C/[C@H]1CC[C@H](C2CCC(c3cc(F)c(COC)c(F)c3)CC2)CC1. The van der Waals surface area contributed by atoms with Crippen molar-refractivity contribution >= 4 is 0 Å². The molecule has 0 aromatic heterocycles. The van der Waals surface area contributed by atoms with Crippen LogP contribution in [0.1, 0.15) is 75.3 Å². The van der Waals surface area contributed by atoms with E-state index in [1.54, 1.807) is 0 Å². The largest absolute Gasteiger partial charge is 0.380 e. The fourth-order valence-corrected chi connectivity index (χ4v) is 5.15. The molecule has 0 unspecified atom stereocenters. The summed E-state index contributed by atoms with van der Waals surface area (Å²) in [5.74, 6) is 1.81.